The molecule has 178 valence electrons. The second-order valence-corrected chi connectivity index (χ2v) is 8.16. The van der Waals surface area contributed by atoms with Crippen molar-refractivity contribution in [1.29, 1.82) is 0 Å². The molecule has 33 heavy (non-hydrogen) atoms. The molecule has 1 unspecified atom stereocenters. The summed E-state index contributed by atoms with van der Waals surface area (Å²) >= 11 is 0. The van der Waals surface area contributed by atoms with E-state index in [-0.39, 0.29) is 18.4 Å². The number of carbonyl (C=O) groups is 2. The average molecular weight is 458 g/mol. The molecule has 0 N–H and O–H groups in total. The van der Waals surface area contributed by atoms with Crippen molar-refractivity contribution in [2.75, 3.05) is 65.1 Å². The van der Waals surface area contributed by atoms with Crippen LogP contribution in [-0.2, 0) is 14.3 Å². The molecule has 3 heterocycles. The van der Waals surface area contributed by atoms with E-state index in [9.17, 15) is 9.59 Å². The molecule has 2 aromatic rings. The first kappa shape index (κ1) is 23.1. The number of amides is 1. The van der Waals surface area contributed by atoms with Crippen LogP contribution in [0.1, 0.15) is 30.1 Å². The van der Waals surface area contributed by atoms with Gasteiger partial charge in [0.15, 0.2) is 0 Å². The first-order valence-electron chi connectivity index (χ1n) is 11.4. The van der Waals surface area contributed by atoms with Gasteiger partial charge in [0.2, 0.25) is 5.91 Å². The zero-order valence-electron chi connectivity index (χ0n) is 19.5. The van der Waals surface area contributed by atoms with Crippen LogP contribution in [0.4, 0.5) is 5.69 Å². The van der Waals surface area contributed by atoms with Gasteiger partial charge in [0.25, 0.3) is 0 Å². The number of piperidine rings is 1. The van der Waals surface area contributed by atoms with Crippen LogP contribution in [0.5, 0.6) is 11.5 Å². The number of hydrogen-bond acceptors (Lipinski definition) is 8. The molecule has 0 bridgehead atoms. The van der Waals surface area contributed by atoms with Gasteiger partial charge >= 0.3 is 5.97 Å². The predicted molar refractivity (Wildman–Crippen MR) is 123 cm³/mol. The Morgan fingerprint density at radius 1 is 1.12 bits per heavy atom. The standard InChI is InChI=1S/C24H31N3O6/c1-4-33-24(29)17-14-25-21-19(31-3)8-7-18(30-2)20(21)22(17)27-9-5-6-16(15-27)23(28)26-10-12-32-13-11-26/h7-8,14,16H,4-6,9-13,15H2,1-3H3. The topological polar surface area (TPSA) is 90.4 Å². The summed E-state index contributed by atoms with van der Waals surface area (Å²) in [7, 11) is 3.17. The number of rotatable bonds is 6. The Bertz CT molecular complexity index is 1020. The molecule has 2 aliphatic rings. The second-order valence-electron chi connectivity index (χ2n) is 8.16. The summed E-state index contributed by atoms with van der Waals surface area (Å²) in [6.07, 6.45) is 3.18. The van der Waals surface area contributed by atoms with Crippen molar-refractivity contribution in [3.05, 3.63) is 23.9 Å². The summed E-state index contributed by atoms with van der Waals surface area (Å²) in [6, 6.07) is 3.60. The smallest absolute Gasteiger partial charge is 0.341 e. The minimum atomic E-state index is -0.451. The Hall–Kier alpha value is -3.07. The molecule has 4 rings (SSSR count). The normalized spacial score (nSPS) is 18.8. The number of ether oxygens (including phenoxy) is 4. The van der Waals surface area contributed by atoms with Crippen molar-refractivity contribution >= 4 is 28.5 Å². The van der Waals surface area contributed by atoms with Gasteiger partial charge in [-0.25, -0.2) is 4.79 Å². The lowest BCUT2D eigenvalue weighted by atomic mass is 9.94. The number of carbonyl (C=O) groups excluding carboxylic acids is 2. The number of benzene rings is 1. The quantitative estimate of drug-likeness (QED) is 0.612. The number of methoxy groups -OCH3 is 2. The van der Waals surface area contributed by atoms with Crippen molar-refractivity contribution < 1.29 is 28.5 Å². The van der Waals surface area contributed by atoms with Crippen LogP contribution in [0.25, 0.3) is 10.9 Å². The molecule has 0 radical (unpaired) electrons. The molecule has 9 nitrogen and oxygen atoms in total. The number of esters is 1. The Balaban J connectivity index is 1.79. The molecule has 1 amide bonds. The lowest BCUT2D eigenvalue weighted by Gasteiger charge is -2.38. The summed E-state index contributed by atoms with van der Waals surface area (Å²) in [5, 5.41) is 0.682. The highest BCUT2D eigenvalue weighted by Gasteiger charge is 2.33. The Kier molecular flexibility index (Phi) is 7.17. The number of nitrogens with zero attached hydrogens (tertiary/aromatic N) is 3. The third-order valence-corrected chi connectivity index (χ3v) is 6.26. The second kappa shape index (κ2) is 10.2. The first-order chi connectivity index (χ1) is 16.1. The van der Waals surface area contributed by atoms with E-state index < -0.39 is 5.97 Å². The van der Waals surface area contributed by atoms with Crippen LogP contribution in [0.15, 0.2) is 18.3 Å². The summed E-state index contributed by atoms with van der Waals surface area (Å²) in [4.78, 5) is 34.7. The number of morpholine rings is 1. The van der Waals surface area contributed by atoms with Crippen LogP contribution in [0.3, 0.4) is 0 Å². The number of aromatic nitrogens is 1. The van der Waals surface area contributed by atoms with Gasteiger partial charge in [-0.1, -0.05) is 0 Å². The average Bonchev–Trinajstić information content (AvgIpc) is 2.87. The molecular formula is C24H31N3O6. The van der Waals surface area contributed by atoms with Gasteiger partial charge in [-0.05, 0) is 31.9 Å². The molecule has 2 fully saturated rings. The van der Waals surface area contributed by atoms with E-state index >= 15 is 0 Å². The third-order valence-electron chi connectivity index (χ3n) is 6.26. The molecule has 0 aliphatic carbocycles. The van der Waals surface area contributed by atoms with E-state index in [1.165, 1.54) is 6.20 Å². The van der Waals surface area contributed by atoms with Crippen LogP contribution >= 0.6 is 0 Å². The largest absolute Gasteiger partial charge is 0.496 e. The van der Waals surface area contributed by atoms with E-state index in [1.54, 1.807) is 27.2 Å². The predicted octanol–water partition coefficient (Wildman–Crippen LogP) is 2.50. The highest BCUT2D eigenvalue weighted by molar-refractivity contribution is 6.09. The fraction of sp³-hybridized carbons (Fsp3) is 0.542. The van der Waals surface area contributed by atoms with Gasteiger partial charge in [0.05, 0.1) is 51.0 Å². The van der Waals surface area contributed by atoms with Crippen LogP contribution < -0.4 is 14.4 Å². The molecular weight excluding hydrogens is 426 g/mol. The number of anilines is 1. The lowest BCUT2D eigenvalue weighted by molar-refractivity contribution is -0.139. The van der Waals surface area contributed by atoms with E-state index in [2.05, 4.69) is 9.88 Å². The number of pyridine rings is 1. The van der Waals surface area contributed by atoms with E-state index in [0.717, 1.165) is 12.8 Å². The Morgan fingerprint density at radius 2 is 1.85 bits per heavy atom. The van der Waals surface area contributed by atoms with Crippen molar-refractivity contribution in [2.24, 2.45) is 5.92 Å². The maximum absolute atomic E-state index is 13.2. The molecule has 9 heteroatoms. The monoisotopic (exact) mass is 457 g/mol. The third kappa shape index (κ3) is 4.55. The van der Waals surface area contributed by atoms with Crippen LogP contribution in [0, 0.1) is 5.92 Å². The first-order valence-corrected chi connectivity index (χ1v) is 11.4. The zero-order chi connectivity index (χ0) is 23.4. The molecule has 1 aromatic carbocycles. The SMILES string of the molecule is CCOC(=O)c1cnc2c(OC)ccc(OC)c2c1N1CCCC(C(=O)N2CCOCC2)C1. The minimum absolute atomic E-state index is 0.142. The molecule has 2 saturated heterocycles. The Labute approximate surface area is 193 Å². The van der Waals surface area contributed by atoms with Crippen LogP contribution in [-0.4, -0.2) is 82.0 Å². The van der Waals surface area contributed by atoms with E-state index in [0.29, 0.717) is 73.0 Å². The Morgan fingerprint density at radius 3 is 2.55 bits per heavy atom. The van der Waals surface area contributed by atoms with Gasteiger partial charge in [-0.3, -0.25) is 9.78 Å². The number of fused-ring (bicyclic) bond motifs is 1. The number of hydrogen-bond donors (Lipinski definition) is 0. The van der Waals surface area contributed by atoms with Crippen molar-refractivity contribution in [3.8, 4) is 11.5 Å². The van der Waals surface area contributed by atoms with Gasteiger partial charge < -0.3 is 28.7 Å². The van der Waals surface area contributed by atoms with E-state index in [1.807, 2.05) is 11.0 Å². The maximum Gasteiger partial charge on any atom is 0.341 e. The molecule has 1 atom stereocenters. The summed E-state index contributed by atoms with van der Waals surface area (Å²) in [6.45, 7) is 5.61. The fourth-order valence-corrected chi connectivity index (χ4v) is 4.68. The molecule has 0 spiro atoms. The van der Waals surface area contributed by atoms with Crippen molar-refractivity contribution in [1.82, 2.24) is 9.88 Å². The maximum atomic E-state index is 13.2. The highest BCUT2D eigenvalue weighted by atomic mass is 16.5. The zero-order valence-corrected chi connectivity index (χ0v) is 19.5. The van der Waals surface area contributed by atoms with Gasteiger partial charge in [-0.15, -0.1) is 0 Å². The van der Waals surface area contributed by atoms with E-state index in [4.69, 9.17) is 18.9 Å². The summed E-state index contributed by atoms with van der Waals surface area (Å²) in [5.74, 6) is 0.699. The van der Waals surface area contributed by atoms with Gasteiger partial charge in [-0.2, -0.15) is 0 Å². The van der Waals surface area contributed by atoms with Crippen molar-refractivity contribution in [3.63, 3.8) is 0 Å². The summed E-state index contributed by atoms with van der Waals surface area (Å²) in [5.41, 5.74) is 1.63. The molecule has 2 aliphatic heterocycles. The summed E-state index contributed by atoms with van der Waals surface area (Å²) < 4.78 is 21.9. The highest BCUT2D eigenvalue weighted by Crippen LogP contribution is 2.42. The van der Waals surface area contributed by atoms with Crippen LogP contribution in [0.2, 0.25) is 0 Å². The van der Waals surface area contributed by atoms with Gasteiger partial charge in [0, 0.05) is 32.4 Å². The fourth-order valence-electron chi connectivity index (χ4n) is 4.68. The van der Waals surface area contributed by atoms with Crippen molar-refractivity contribution in [2.45, 2.75) is 19.8 Å². The molecule has 1 aromatic heterocycles. The molecule has 0 saturated carbocycles. The lowest BCUT2D eigenvalue weighted by Crippen LogP contribution is -2.48. The van der Waals surface area contributed by atoms with Gasteiger partial charge in [0.1, 0.15) is 22.6 Å². The minimum Gasteiger partial charge on any atom is -0.496 e.